The Labute approximate surface area is 121 Å². The molecule has 6 nitrogen and oxygen atoms in total. The molecule has 1 saturated carbocycles. The Kier molecular flexibility index (Phi) is 3.31. The van der Waals surface area contributed by atoms with Crippen molar-refractivity contribution in [1.29, 1.82) is 0 Å². The molecule has 3 rings (SSSR count). The van der Waals surface area contributed by atoms with Crippen LogP contribution in [-0.2, 0) is 20.7 Å². The van der Waals surface area contributed by atoms with Crippen LogP contribution in [-0.4, -0.2) is 30.7 Å². The van der Waals surface area contributed by atoms with Gasteiger partial charge in [-0.15, -0.1) is 0 Å². The van der Waals surface area contributed by atoms with Crippen LogP contribution in [0.25, 0.3) is 0 Å². The Morgan fingerprint density at radius 3 is 2.71 bits per heavy atom. The highest BCUT2D eigenvalue weighted by Gasteiger charge is 2.45. The van der Waals surface area contributed by atoms with Gasteiger partial charge in [-0.2, -0.15) is 0 Å². The molecule has 0 amide bonds. The first kappa shape index (κ1) is 13.9. The van der Waals surface area contributed by atoms with Crippen molar-refractivity contribution >= 4 is 11.9 Å². The minimum Gasteiger partial charge on any atom is -0.469 e. The number of ether oxygens (including phenoxy) is 2. The van der Waals surface area contributed by atoms with Gasteiger partial charge in [0.2, 0.25) is 0 Å². The van der Waals surface area contributed by atoms with Crippen LogP contribution in [0.2, 0.25) is 0 Å². The number of methoxy groups -OCH3 is 2. The standard InChI is InChI=1S/C15H17NO5/c1-20-12(18)7-8-6-11(17)16-10-5-3-4-9(10)14(16)13(8)15(19)21-2/h6,9-10H,3-5,7H2,1-2H3. The van der Waals surface area contributed by atoms with Crippen molar-refractivity contribution in [1.82, 2.24) is 4.57 Å². The molecule has 2 aliphatic rings. The molecule has 1 aromatic rings. The summed E-state index contributed by atoms with van der Waals surface area (Å²) in [5.41, 5.74) is 1.34. The van der Waals surface area contributed by atoms with Crippen molar-refractivity contribution in [2.75, 3.05) is 14.2 Å². The predicted molar refractivity (Wildman–Crippen MR) is 73.4 cm³/mol. The first-order chi connectivity index (χ1) is 10.1. The van der Waals surface area contributed by atoms with Gasteiger partial charge < -0.3 is 14.0 Å². The lowest BCUT2D eigenvalue weighted by atomic mass is 9.84. The van der Waals surface area contributed by atoms with E-state index in [2.05, 4.69) is 4.74 Å². The van der Waals surface area contributed by atoms with Crippen LogP contribution in [0.1, 0.15) is 52.8 Å². The molecule has 0 N–H and O–H groups in total. The number of esters is 2. The smallest absolute Gasteiger partial charge is 0.339 e. The topological polar surface area (TPSA) is 74.6 Å². The number of rotatable bonds is 3. The van der Waals surface area contributed by atoms with Gasteiger partial charge in [0.25, 0.3) is 5.56 Å². The highest BCUT2D eigenvalue weighted by molar-refractivity contribution is 5.94. The molecular weight excluding hydrogens is 274 g/mol. The van der Waals surface area contributed by atoms with Gasteiger partial charge in [0.1, 0.15) is 0 Å². The lowest BCUT2D eigenvalue weighted by Gasteiger charge is -2.38. The van der Waals surface area contributed by atoms with E-state index in [-0.39, 0.29) is 23.9 Å². The molecule has 1 fully saturated rings. The van der Waals surface area contributed by atoms with Gasteiger partial charge in [0.05, 0.1) is 26.2 Å². The molecule has 2 atom stereocenters. The van der Waals surface area contributed by atoms with Gasteiger partial charge in [-0.25, -0.2) is 4.79 Å². The van der Waals surface area contributed by atoms with Gasteiger partial charge in [-0.3, -0.25) is 9.59 Å². The van der Waals surface area contributed by atoms with Crippen molar-refractivity contribution in [2.45, 2.75) is 37.6 Å². The van der Waals surface area contributed by atoms with Crippen LogP contribution in [0.4, 0.5) is 0 Å². The number of aromatic nitrogens is 1. The molecule has 1 aliphatic carbocycles. The predicted octanol–water partition coefficient (Wildman–Crippen LogP) is 1.17. The number of pyridine rings is 1. The van der Waals surface area contributed by atoms with Crippen molar-refractivity contribution in [2.24, 2.45) is 0 Å². The fourth-order valence-corrected chi connectivity index (χ4v) is 3.59. The summed E-state index contributed by atoms with van der Waals surface area (Å²) in [4.78, 5) is 35.9. The fourth-order valence-electron chi connectivity index (χ4n) is 3.59. The average molecular weight is 291 g/mol. The van der Waals surface area contributed by atoms with Gasteiger partial charge in [-0.1, -0.05) is 6.42 Å². The van der Waals surface area contributed by atoms with Crippen LogP contribution in [0, 0.1) is 0 Å². The third-order valence-electron chi connectivity index (χ3n) is 4.49. The number of nitrogens with zero attached hydrogens (tertiary/aromatic N) is 1. The van der Waals surface area contributed by atoms with E-state index in [0.717, 1.165) is 25.0 Å². The minimum atomic E-state index is -0.497. The van der Waals surface area contributed by atoms with Crippen LogP contribution >= 0.6 is 0 Å². The largest absolute Gasteiger partial charge is 0.469 e. The zero-order valence-electron chi connectivity index (χ0n) is 12.0. The number of carbonyl (C=O) groups excluding carboxylic acids is 2. The molecule has 1 aromatic heterocycles. The highest BCUT2D eigenvalue weighted by Crippen LogP contribution is 2.51. The second-order valence-electron chi connectivity index (χ2n) is 5.49. The first-order valence-electron chi connectivity index (χ1n) is 7.02. The van der Waals surface area contributed by atoms with Crippen LogP contribution in [0.5, 0.6) is 0 Å². The van der Waals surface area contributed by atoms with Gasteiger partial charge >= 0.3 is 11.9 Å². The fraction of sp³-hybridized carbons (Fsp3) is 0.533. The summed E-state index contributed by atoms with van der Waals surface area (Å²) in [6.45, 7) is 0. The summed E-state index contributed by atoms with van der Waals surface area (Å²) in [6.07, 6.45) is 2.88. The molecular formula is C15H17NO5. The molecule has 0 aromatic carbocycles. The average Bonchev–Trinajstić information content (AvgIpc) is 2.86. The zero-order valence-corrected chi connectivity index (χ0v) is 12.0. The Hall–Kier alpha value is -2.11. The maximum atomic E-state index is 12.2. The lowest BCUT2D eigenvalue weighted by Crippen LogP contribution is -2.41. The Morgan fingerprint density at radius 2 is 2.05 bits per heavy atom. The molecule has 0 bridgehead atoms. The van der Waals surface area contributed by atoms with Crippen LogP contribution < -0.4 is 5.56 Å². The van der Waals surface area contributed by atoms with Gasteiger partial charge in [0.15, 0.2) is 0 Å². The van der Waals surface area contributed by atoms with E-state index < -0.39 is 11.9 Å². The third-order valence-corrected chi connectivity index (χ3v) is 4.49. The second-order valence-corrected chi connectivity index (χ2v) is 5.49. The van der Waals surface area contributed by atoms with E-state index in [0.29, 0.717) is 11.1 Å². The summed E-state index contributed by atoms with van der Waals surface area (Å²) in [6, 6.07) is 1.56. The molecule has 0 radical (unpaired) electrons. The maximum absolute atomic E-state index is 12.2. The Bertz CT molecular complexity index is 675. The molecule has 6 heteroatoms. The van der Waals surface area contributed by atoms with Crippen molar-refractivity contribution < 1.29 is 19.1 Å². The maximum Gasteiger partial charge on any atom is 0.339 e. The molecule has 21 heavy (non-hydrogen) atoms. The molecule has 0 spiro atoms. The SMILES string of the molecule is COC(=O)Cc1cc(=O)n2c(c1C(=O)OC)C1CCCC12. The quantitative estimate of drug-likeness (QED) is 0.782. The van der Waals surface area contributed by atoms with Crippen LogP contribution in [0.15, 0.2) is 10.9 Å². The Balaban J connectivity index is 2.15. The number of hydrogen-bond acceptors (Lipinski definition) is 5. The Morgan fingerprint density at radius 1 is 1.29 bits per heavy atom. The third kappa shape index (κ3) is 1.97. The molecule has 2 unspecified atom stereocenters. The summed E-state index contributed by atoms with van der Waals surface area (Å²) >= 11 is 0. The van der Waals surface area contributed by atoms with E-state index in [1.807, 2.05) is 0 Å². The molecule has 2 heterocycles. The number of fused-ring (bicyclic) bond motifs is 4. The zero-order chi connectivity index (χ0) is 15.1. The molecule has 112 valence electrons. The first-order valence-corrected chi connectivity index (χ1v) is 7.02. The molecule has 1 aliphatic heterocycles. The minimum absolute atomic E-state index is 0.0958. The van der Waals surface area contributed by atoms with E-state index in [1.165, 1.54) is 20.3 Å². The van der Waals surface area contributed by atoms with Gasteiger partial charge in [0, 0.05) is 23.7 Å². The van der Waals surface area contributed by atoms with E-state index in [1.54, 1.807) is 4.57 Å². The summed E-state index contributed by atoms with van der Waals surface area (Å²) in [5, 5.41) is 0. The number of hydrogen-bond donors (Lipinski definition) is 0. The van der Waals surface area contributed by atoms with E-state index in [4.69, 9.17) is 4.74 Å². The summed E-state index contributed by atoms with van der Waals surface area (Å²) < 4.78 is 11.2. The van der Waals surface area contributed by atoms with E-state index >= 15 is 0 Å². The second kappa shape index (κ2) is 5.02. The normalized spacial score (nSPS) is 22.0. The summed E-state index contributed by atoms with van der Waals surface area (Å²) in [5.74, 6) is -0.751. The molecule has 0 saturated heterocycles. The van der Waals surface area contributed by atoms with Gasteiger partial charge in [-0.05, 0) is 18.4 Å². The lowest BCUT2D eigenvalue weighted by molar-refractivity contribution is -0.139. The highest BCUT2D eigenvalue weighted by atomic mass is 16.5. The van der Waals surface area contributed by atoms with Crippen molar-refractivity contribution in [3.63, 3.8) is 0 Å². The van der Waals surface area contributed by atoms with Crippen molar-refractivity contribution in [3.8, 4) is 0 Å². The summed E-state index contributed by atoms with van der Waals surface area (Å²) in [7, 11) is 2.58. The number of carbonyl (C=O) groups is 2. The van der Waals surface area contributed by atoms with Crippen molar-refractivity contribution in [3.05, 3.63) is 33.2 Å². The monoisotopic (exact) mass is 291 g/mol. The van der Waals surface area contributed by atoms with Crippen LogP contribution in [0.3, 0.4) is 0 Å². The van der Waals surface area contributed by atoms with E-state index in [9.17, 15) is 14.4 Å².